The maximum absolute atomic E-state index is 12.2. The van der Waals surface area contributed by atoms with Crippen LogP contribution >= 0.6 is 0 Å². The van der Waals surface area contributed by atoms with Crippen LogP contribution in [0, 0.1) is 5.92 Å². The minimum atomic E-state index is 0.0827. The second-order valence-corrected chi connectivity index (χ2v) is 6.01. The molecule has 2 heteroatoms. The van der Waals surface area contributed by atoms with Gasteiger partial charge in [-0.3, -0.25) is 4.79 Å². The van der Waals surface area contributed by atoms with Crippen molar-refractivity contribution in [1.29, 1.82) is 0 Å². The van der Waals surface area contributed by atoms with Crippen LogP contribution in [0.2, 0.25) is 0 Å². The fraction of sp³-hybridized carbons (Fsp3) is 0.533. The topological polar surface area (TPSA) is 20.3 Å². The van der Waals surface area contributed by atoms with Gasteiger partial charge in [-0.15, -0.1) is 0 Å². The Bertz CT molecular complexity index is 460. The number of carbonyl (C=O) groups is 1. The van der Waals surface area contributed by atoms with Gasteiger partial charge in [0.2, 0.25) is 5.91 Å². The summed E-state index contributed by atoms with van der Waals surface area (Å²) in [6.07, 6.45) is 2.19. The minimum absolute atomic E-state index is 0.0827. The smallest absolute Gasteiger partial charge is 0.226 e. The van der Waals surface area contributed by atoms with E-state index < -0.39 is 0 Å². The quantitative estimate of drug-likeness (QED) is 0.725. The lowest BCUT2D eigenvalue weighted by Crippen LogP contribution is -2.45. The summed E-state index contributed by atoms with van der Waals surface area (Å²) in [4.78, 5) is 14.2. The van der Waals surface area contributed by atoms with E-state index in [9.17, 15) is 4.79 Å². The fourth-order valence-corrected chi connectivity index (χ4v) is 2.89. The number of nitrogens with zero attached hydrogens (tertiary/aromatic N) is 1. The van der Waals surface area contributed by atoms with Crippen molar-refractivity contribution in [2.45, 2.75) is 38.6 Å². The molecule has 0 radical (unpaired) electrons. The van der Waals surface area contributed by atoms with Crippen molar-refractivity contribution < 1.29 is 4.79 Å². The van der Waals surface area contributed by atoms with Crippen LogP contribution in [0.5, 0.6) is 0 Å². The molecule has 1 aromatic rings. The molecule has 1 saturated carbocycles. The van der Waals surface area contributed by atoms with Gasteiger partial charge in [0, 0.05) is 24.4 Å². The third-order valence-corrected chi connectivity index (χ3v) is 3.93. The van der Waals surface area contributed by atoms with Gasteiger partial charge in [0.05, 0.1) is 0 Å². The van der Waals surface area contributed by atoms with Crippen LogP contribution < -0.4 is 0 Å². The van der Waals surface area contributed by atoms with E-state index in [1.165, 1.54) is 11.1 Å². The van der Waals surface area contributed by atoms with Crippen molar-refractivity contribution in [2.24, 2.45) is 5.92 Å². The van der Waals surface area contributed by atoms with Gasteiger partial charge in [0.25, 0.3) is 0 Å². The molecule has 0 saturated heterocycles. The Labute approximate surface area is 103 Å². The van der Waals surface area contributed by atoms with Gasteiger partial charge in [-0.05, 0) is 24.0 Å². The first-order chi connectivity index (χ1) is 8.08. The summed E-state index contributed by atoms with van der Waals surface area (Å²) < 4.78 is 0. The highest BCUT2D eigenvalue weighted by Gasteiger charge is 2.39. The van der Waals surface area contributed by atoms with Crippen LogP contribution in [0.25, 0.3) is 0 Å². The molecule has 1 fully saturated rings. The molecule has 0 aromatic heterocycles. The first-order valence-corrected chi connectivity index (χ1v) is 6.45. The maximum Gasteiger partial charge on any atom is 0.226 e. The van der Waals surface area contributed by atoms with E-state index in [0.717, 1.165) is 25.9 Å². The van der Waals surface area contributed by atoms with E-state index in [2.05, 4.69) is 43.0 Å². The molecule has 90 valence electrons. The van der Waals surface area contributed by atoms with Crippen LogP contribution in [0.15, 0.2) is 24.3 Å². The molecule has 0 bridgehead atoms. The van der Waals surface area contributed by atoms with E-state index in [1.807, 2.05) is 0 Å². The van der Waals surface area contributed by atoms with Crippen molar-refractivity contribution in [3.63, 3.8) is 0 Å². The van der Waals surface area contributed by atoms with E-state index in [0.29, 0.717) is 11.8 Å². The second-order valence-electron chi connectivity index (χ2n) is 6.01. The molecule has 0 atom stereocenters. The Morgan fingerprint density at radius 3 is 2.71 bits per heavy atom. The lowest BCUT2D eigenvalue weighted by atomic mass is 9.78. The van der Waals surface area contributed by atoms with Crippen molar-refractivity contribution in [1.82, 2.24) is 4.90 Å². The van der Waals surface area contributed by atoms with Gasteiger partial charge in [-0.1, -0.05) is 38.1 Å². The van der Waals surface area contributed by atoms with Crippen molar-refractivity contribution in [3.05, 3.63) is 35.4 Å². The lowest BCUT2D eigenvalue weighted by Gasteiger charge is -2.40. The highest BCUT2D eigenvalue weighted by atomic mass is 16.2. The van der Waals surface area contributed by atoms with Crippen LogP contribution in [-0.2, 0) is 16.8 Å². The normalized spacial score (nSPS) is 22.1. The van der Waals surface area contributed by atoms with Crippen molar-refractivity contribution >= 4 is 5.91 Å². The summed E-state index contributed by atoms with van der Waals surface area (Å²) in [7, 11) is 0. The predicted molar refractivity (Wildman–Crippen MR) is 67.6 cm³/mol. The van der Waals surface area contributed by atoms with Crippen LogP contribution in [0.4, 0.5) is 0 Å². The average Bonchev–Trinajstić information content (AvgIpc) is 3.11. The van der Waals surface area contributed by atoms with Gasteiger partial charge in [0.15, 0.2) is 0 Å². The summed E-state index contributed by atoms with van der Waals surface area (Å²) in [5.41, 5.74) is 2.80. The molecule has 1 amide bonds. The van der Waals surface area contributed by atoms with Crippen molar-refractivity contribution in [3.8, 4) is 0 Å². The van der Waals surface area contributed by atoms with Gasteiger partial charge in [-0.2, -0.15) is 0 Å². The van der Waals surface area contributed by atoms with Crippen LogP contribution in [0.3, 0.4) is 0 Å². The second kappa shape index (κ2) is 3.59. The minimum Gasteiger partial charge on any atom is -0.337 e. The lowest BCUT2D eigenvalue weighted by molar-refractivity contribution is -0.134. The molecule has 17 heavy (non-hydrogen) atoms. The number of carbonyl (C=O) groups excluding carboxylic acids is 1. The predicted octanol–water partition coefficient (Wildman–Crippen LogP) is 2.72. The number of fused-ring (bicyclic) bond motifs is 1. The van der Waals surface area contributed by atoms with Crippen LogP contribution in [0.1, 0.15) is 37.8 Å². The molecule has 1 aromatic carbocycles. The monoisotopic (exact) mass is 229 g/mol. The third-order valence-electron chi connectivity index (χ3n) is 3.93. The summed E-state index contributed by atoms with van der Waals surface area (Å²) in [5.74, 6) is 0.698. The molecule has 1 aliphatic carbocycles. The zero-order chi connectivity index (χ0) is 12.0. The summed E-state index contributed by atoms with van der Waals surface area (Å²) in [6, 6.07) is 8.52. The standard InChI is InChI=1S/C15H19NO/c1-15(2)10-16(14(17)11-7-8-11)9-12-5-3-4-6-13(12)15/h3-6,11H,7-10H2,1-2H3. The molecule has 2 aliphatic rings. The number of benzene rings is 1. The summed E-state index contributed by atoms with van der Waals surface area (Å²) >= 11 is 0. The molecule has 2 nitrogen and oxygen atoms in total. The Balaban J connectivity index is 1.92. The summed E-state index contributed by atoms with van der Waals surface area (Å²) in [6.45, 7) is 6.13. The highest BCUT2D eigenvalue weighted by Crippen LogP contribution is 2.37. The Morgan fingerprint density at radius 1 is 1.29 bits per heavy atom. The van der Waals surface area contributed by atoms with E-state index >= 15 is 0 Å². The molecule has 0 spiro atoms. The van der Waals surface area contributed by atoms with E-state index in [4.69, 9.17) is 0 Å². The maximum atomic E-state index is 12.2. The van der Waals surface area contributed by atoms with Gasteiger partial charge in [0.1, 0.15) is 0 Å². The summed E-state index contributed by atoms with van der Waals surface area (Å²) in [5, 5.41) is 0. The zero-order valence-corrected chi connectivity index (χ0v) is 10.6. The van der Waals surface area contributed by atoms with Gasteiger partial charge in [-0.25, -0.2) is 0 Å². The fourth-order valence-electron chi connectivity index (χ4n) is 2.89. The number of hydrogen-bond acceptors (Lipinski definition) is 1. The number of rotatable bonds is 1. The third kappa shape index (κ3) is 1.86. The van der Waals surface area contributed by atoms with E-state index in [1.54, 1.807) is 0 Å². The molecular formula is C15H19NO. The van der Waals surface area contributed by atoms with E-state index in [-0.39, 0.29) is 5.41 Å². The van der Waals surface area contributed by atoms with Gasteiger partial charge >= 0.3 is 0 Å². The molecule has 0 N–H and O–H groups in total. The first kappa shape index (κ1) is 10.8. The van der Waals surface area contributed by atoms with Crippen LogP contribution in [-0.4, -0.2) is 17.4 Å². The molecule has 1 aliphatic heterocycles. The van der Waals surface area contributed by atoms with Crippen molar-refractivity contribution in [2.75, 3.05) is 6.54 Å². The molecular weight excluding hydrogens is 210 g/mol. The average molecular weight is 229 g/mol. The highest BCUT2D eigenvalue weighted by molar-refractivity contribution is 5.81. The molecule has 1 heterocycles. The Kier molecular flexibility index (Phi) is 2.29. The first-order valence-electron chi connectivity index (χ1n) is 6.45. The largest absolute Gasteiger partial charge is 0.337 e. The number of amides is 1. The Morgan fingerprint density at radius 2 is 2.00 bits per heavy atom. The van der Waals surface area contributed by atoms with Gasteiger partial charge < -0.3 is 4.90 Å². The number of hydrogen-bond donors (Lipinski definition) is 0. The SMILES string of the molecule is CC1(C)CN(C(=O)C2CC2)Cc2ccccc21. The Hall–Kier alpha value is -1.31. The molecule has 3 rings (SSSR count). The zero-order valence-electron chi connectivity index (χ0n) is 10.6. The molecule has 0 unspecified atom stereocenters.